The first-order chi connectivity index (χ1) is 12.9. The van der Waals surface area contributed by atoms with Gasteiger partial charge in [0.25, 0.3) is 0 Å². The molecule has 2 aromatic rings. The van der Waals surface area contributed by atoms with Gasteiger partial charge in [-0.05, 0) is 23.8 Å². The second kappa shape index (κ2) is 9.48. The average molecular weight is 381 g/mol. The standard InChI is InChI=1S/C19H15F4NO3/c20-17(21)19(22,23)27-16-10-4-8-14(12-16)9-5-11-24-18(25)26-13-15-6-2-1-3-7-15/h1-4,6-8,10,12,17H,11,13H2,(H,24,25). The Morgan fingerprint density at radius 3 is 2.56 bits per heavy atom. The molecule has 0 radical (unpaired) electrons. The summed E-state index contributed by atoms with van der Waals surface area (Å²) in [4.78, 5) is 11.5. The number of nitrogens with one attached hydrogen (secondary N) is 1. The van der Waals surface area contributed by atoms with Crippen LogP contribution in [0.25, 0.3) is 0 Å². The summed E-state index contributed by atoms with van der Waals surface area (Å²) in [6.07, 6.45) is -9.20. The zero-order valence-electron chi connectivity index (χ0n) is 13.9. The van der Waals surface area contributed by atoms with E-state index in [1.807, 2.05) is 18.2 Å². The Morgan fingerprint density at radius 2 is 1.85 bits per heavy atom. The molecule has 0 spiro atoms. The maximum absolute atomic E-state index is 12.9. The van der Waals surface area contributed by atoms with E-state index in [0.717, 1.165) is 17.7 Å². The van der Waals surface area contributed by atoms with E-state index in [1.54, 1.807) is 12.1 Å². The van der Waals surface area contributed by atoms with E-state index < -0.39 is 24.4 Å². The maximum atomic E-state index is 12.9. The molecule has 8 heteroatoms. The van der Waals surface area contributed by atoms with Crippen LogP contribution in [0.15, 0.2) is 54.6 Å². The van der Waals surface area contributed by atoms with Crippen LogP contribution in [0.5, 0.6) is 5.75 Å². The van der Waals surface area contributed by atoms with Crippen molar-refractivity contribution in [2.45, 2.75) is 19.1 Å². The van der Waals surface area contributed by atoms with Crippen LogP contribution in [-0.4, -0.2) is 25.2 Å². The zero-order chi connectivity index (χ0) is 19.7. The Bertz CT molecular complexity index is 816. The molecule has 0 heterocycles. The highest BCUT2D eigenvalue weighted by molar-refractivity contribution is 5.67. The number of alkyl carbamates (subject to hydrolysis) is 1. The van der Waals surface area contributed by atoms with Crippen molar-refractivity contribution in [3.63, 3.8) is 0 Å². The van der Waals surface area contributed by atoms with Gasteiger partial charge in [-0.2, -0.15) is 17.6 Å². The molecule has 0 aliphatic carbocycles. The number of rotatable bonds is 6. The minimum atomic E-state index is -4.59. The van der Waals surface area contributed by atoms with Crippen molar-refractivity contribution in [1.82, 2.24) is 5.32 Å². The van der Waals surface area contributed by atoms with Crippen LogP contribution >= 0.6 is 0 Å². The smallest absolute Gasteiger partial charge is 0.445 e. The first-order valence-electron chi connectivity index (χ1n) is 7.75. The lowest BCUT2D eigenvalue weighted by atomic mass is 10.2. The van der Waals surface area contributed by atoms with Gasteiger partial charge in [-0.1, -0.05) is 48.2 Å². The van der Waals surface area contributed by atoms with Crippen molar-refractivity contribution in [3.8, 4) is 17.6 Å². The zero-order valence-corrected chi connectivity index (χ0v) is 13.9. The molecule has 2 rings (SSSR count). The van der Waals surface area contributed by atoms with Gasteiger partial charge in [-0.25, -0.2) is 4.79 Å². The van der Waals surface area contributed by atoms with Gasteiger partial charge in [-0.3, -0.25) is 0 Å². The van der Waals surface area contributed by atoms with Crippen molar-refractivity contribution >= 4 is 6.09 Å². The van der Waals surface area contributed by atoms with Gasteiger partial charge in [0.15, 0.2) is 0 Å². The van der Waals surface area contributed by atoms with Gasteiger partial charge in [0.2, 0.25) is 0 Å². The van der Waals surface area contributed by atoms with Crippen LogP contribution < -0.4 is 10.1 Å². The van der Waals surface area contributed by atoms with Gasteiger partial charge >= 0.3 is 18.6 Å². The topological polar surface area (TPSA) is 47.6 Å². The Hall–Kier alpha value is -3.21. The fraction of sp³-hybridized carbons (Fsp3) is 0.211. The minimum Gasteiger partial charge on any atom is -0.445 e. The molecule has 1 N–H and O–H groups in total. The molecule has 142 valence electrons. The van der Waals surface area contributed by atoms with Gasteiger partial charge in [-0.15, -0.1) is 0 Å². The third-order valence-electron chi connectivity index (χ3n) is 3.11. The summed E-state index contributed by atoms with van der Waals surface area (Å²) >= 11 is 0. The summed E-state index contributed by atoms with van der Waals surface area (Å²) in [5, 5.41) is 2.41. The molecule has 0 saturated heterocycles. The van der Waals surface area contributed by atoms with Crippen molar-refractivity contribution < 1.29 is 31.8 Å². The molecule has 0 aliphatic heterocycles. The number of hydrogen-bond acceptors (Lipinski definition) is 3. The summed E-state index contributed by atoms with van der Waals surface area (Å²) < 4.78 is 59.0. The van der Waals surface area contributed by atoms with Crippen LogP contribution in [0.4, 0.5) is 22.4 Å². The van der Waals surface area contributed by atoms with Crippen molar-refractivity contribution in [1.29, 1.82) is 0 Å². The highest BCUT2D eigenvalue weighted by Crippen LogP contribution is 2.27. The Labute approximate surface area is 153 Å². The van der Waals surface area contributed by atoms with E-state index in [4.69, 9.17) is 4.74 Å². The van der Waals surface area contributed by atoms with E-state index in [0.29, 0.717) is 0 Å². The number of carbonyl (C=O) groups is 1. The molecule has 1 amide bonds. The normalized spacial score (nSPS) is 10.7. The molecule has 0 bridgehead atoms. The number of alkyl halides is 4. The summed E-state index contributed by atoms with van der Waals surface area (Å²) in [7, 11) is 0. The fourth-order valence-corrected chi connectivity index (χ4v) is 1.88. The molecule has 0 fully saturated rings. The second-order valence-electron chi connectivity index (χ2n) is 5.21. The van der Waals surface area contributed by atoms with Crippen molar-refractivity contribution in [2.75, 3.05) is 6.54 Å². The third-order valence-corrected chi connectivity index (χ3v) is 3.11. The molecule has 27 heavy (non-hydrogen) atoms. The number of halogens is 4. The van der Waals surface area contributed by atoms with Crippen LogP contribution in [0.3, 0.4) is 0 Å². The molecule has 0 unspecified atom stereocenters. The lowest BCUT2D eigenvalue weighted by molar-refractivity contribution is -0.253. The monoisotopic (exact) mass is 381 g/mol. The largest absolute Gasteiger partial charge is 0.461 e. The van der Waals surface area contributed by atoms with Crippen LogP contribution in [0.1, 0.15) is 11.1 Å². The number of amides is 1. The number of benzene rings is 2. The fourth-order valence-electron chi connectivity index (χ4n) is 1.88. The summed E-state index contributed by atoms with van der Waals surface area (Å²) in [5.41, 5.74) is 1.09. The highest BCUT2D eigenvalue weighted by atomic mass is 19.3. The maximum Gasteiger partial charge on any atom is 0.461 e. The van der Waals surface area contributed by atoms with Crippen molar-refractivity contribution in [2.24, 2.45) is 0 Å². The molecule has 4 nitrogen and oxygen atoms in total. The van der Waals surface area contributed by atoms with E-state index in [1.165, 1.54) is 12.1 Å². The van der Waals surface area contributed by atoms with Crippen molar-refractivity contribution in [3.05, 3.63) is 65.7 Å². The Kier molecular flexibility index (Phi) is 7.06. The summed E-state index contributed by atoms with van der Waals surface area (Å²) in [5.74, 6) is 4.74. The van der Waals surface area contributed by atoms with E-state index in [9.17, 15) is 22.4 Å². The quantitative estimate of drug-likeness (QED) is 0.603. The third kappa shape index (κ3) is 6.90. The Morgan fingerprint density at radius 1 is 1.11 bits per heavy atom. The first-order valence-corrected chi connectivity index (χ1v) is 7.75. The molecular formula is C19H15F4NO3. The second-order valence-corrected chi connectivity index (χ2v) is 5.21. The van der Waals surface area contributed by atoms with E-state index in [-0.39, 0.29) is 18.7 Å². The molecular weight excluding hydrogens is 366 g/mol. The lowest BCUT2D eigenvalue weighted by Crippen LogP contribution is -2.33. The van der Waals surface area contributed by atoms with Crippen LogP contribution in [0, 0.1) is 11.8 Å². The molecule has 2 aromatic carbocycles. The molecule has 0 aliphatic rings. The van der Waals surface area contributed by atoms with Crippen LogP contribution in [-0.2, 0) is 11.3 Å². The van der Waals surface area contributed by atoms with E-state index in [2.05, 4.69) is 21.9 Å². The molecule has 0 atom stereocenters. The van der Waals surface area contributed by atoms with Gasteiger partial charge < -0.3 is 14.8 Å². The summed E-state index contributed by atoms with van der Waals surface area (Å²) in [6, 6.07) is 14.1. The number of ether oxygens (including phenoxy) is 2. The lowest BCUT2D eigenvalue weighted by Gasteiger charge is -2.16. The SMILES string of the molecule is O=C(NCC#Cc1cccc(OC(F)(F)C(F)F)c1)OCc1ccccc1. The van der Waals surface area contributed by atoms with Crippen LogP contribution in [0.2, 0.25) is 0 Å². The summed E-state index contributed by atoms with van der Waals surface area (Å²) in [6.45, 7) is 0.0593. The van der Waals surface area contributed by atoms with Gasteiger partial charge in [0, 0.05) is 5.56 Å². The average Bonchev–Trinajstić information content (AvgIpc) is 2.64. The predicted octanol–water partition coefficient (Wildman–Crippen LogP) is 4.20. The molecule has 0 saturated carbocycles. The number of hydrogen-bond donors (Lipinski definition) is 1. The van der Waals surface area contributed by atoms with E-state index >= 15 is 0 Å². The predicted molar refractivity (Wildman–Crippen MR) is 89.5 cm³/mol. The number of carbonyl (C=O) groups excluding carboxylic acids is 1. The highest BCUT2D eigenvalue weighted by Gasteiger charge is 2.43. The first kappa shape index (κ1) is 20.1. The van der Waals surface area contributed by atoms with Gasteiger partial charge in [0.1, 0.15) is 12.4 Å². The Balaban J connectivity index is 1.81. The molecule has 0 aromatic heterocycles. The minimum absolute atomic E-state index is 0.0497. The van der Waals surface area contributed by atoms with Gasteiger partial charge in [0.05, 0.1) is 6.54 Å².